The van der Waals surface area contributed by atoms with E-state index in [0.29, 0.717) is 6.54 Å². The molecule has 7 nitrogen and oxygen atoms in total. The molecule has 2 N–H and O–H groups in total. The average molecular weight is 535 g/mol. The van der Waals surface area contributed by atoms with Crippen LogP contribution in [0.15, 0.2) is 29.3 Å². The lowest BCUT2D eigenvalue weighted by molar-refractivity contribution is 0.0507. The molecule has 9 heteroatoms. The Bertz CT molecular complexity index is 694. The maximum absolute atomic E-state index is 13.0. The molecule has 170 valence electrons. The quantitative estimate of drug-likeness (QED) is 0.333. The van der Waals surface area contributed by atoms with Crippen LogP contribution >= 0.6 is 24.0 Å². The molecule has 1 aromatic carbocycles. The van der Waals surface area contributed by atoms with E-state index in [4.69, 9.17) is 4.74 Å². The SMILES string of the molecule is CN=C(NCCN(C)Cc1ccc(F)cc1)N1CC[C@@H](NC(=O)OC(C)(C)C)C1.I. The minimum Gasteiger partial charge on any atom is -0.444 e. The van der Waals surface area contributed by atoms with Gasteiger partial charge in [0.1, 0.15) is 11.4 Å². The van der Waals surface area contributed by atoms with Crippen LogP contribution in [0.4, 0.5) is 9.18 Å². The third-order valence-corrected chi connectivity index (χ3v) is 4.56. The largest absolute Gasteiger partial charge is 0.444 e. The van der Waals surface area contributed by atoms with Crippen LogP contribution in [0.1, 0.15) is 32.8 Å². The van der Waals surface area contributed by atoms with Gasteiger partial charge >= 0.3 is 6.09 Å². The van der Waals surface area contributed by atoms with E-state index in [9.17, 15) is 9.18 Å². The summed E-state index contributed by atoms with van der Waals surface area (Å²) < 4.78 is 18.3. The molecule has 1 amide bonds. The number of alkyl carbamates (subject to hydrolysis) is 1. The van der Waals surface area contributed by atoms with Gasteiger partial charge in [-0.3, -0.25) is 4.99 Å². The number of halogens is 2. The summed E-state index contributed by atoms with van der Waals surface area (Å²) in [6.45, 7) is 9.40. The molecule has 1 aliphatic rings. The maximum atomic E-state index is 13.0. The van der Waals surface area contributed by atoms with Gasteiger partial charge in [-0.1, -0.05) is 12.1 Å². The predicted octanol–water partition coefficient (Wildman–Crippen LogP) is 3.05. The highest BCUT2D eigenvalue weighted by atomic mass is 127. The van der Waals surface area contributed by atoms with Gasteiger partial charge in [-0.05, 0) is 51.9 Å². The molecule has 1 atom stereocenters. The lowest BCUT2D eigenvalue weighted by Crippen LogP contribution is -2.45. The zero-order valence-electron chi connectivity index (χ0n) is 18.6. The van der Waals surface area contributed by atoms with Crippen molar-refractivity contribution in [2.75, 3.05) is 40.3 Å². The molecule has 0 spiro atoms. The molecule has 2 rings (SSSR count). The highest BCUT2D eigenvalue weighted by Gasteiger charge is 2.27. The van der Waals surface area contributed by atoms with Crippen molar-refractivity contribution < 1.29 is 13.9 Å². The number of guanidine groups is 1. The zero-order chi connectivity index (χ0) is 21.4. The van der Waals surface area contributed by atoms with Crippen molar-refractivity contribution in [1.29, 1.82) is 0 Å². The fourth-order valence-corrected chi connectivity index (χ4v) is 3.22. The van der Waals surface area contributed by atoms with Crippen molar-refractivity contribution in [3.8, 4) is 0 Å². The fraction of sp³-hybridized carbons (Fsp3) is 0.619. The molecule has 0 saturated carbocycles. The smallest absolute Gasteiger partial charge is 0.407 e. The summed E-state index contributed by atoms with van der Waals surface area (Å²) in [5, 5.41) is 6.31. The number of likely N-dealkylation sites (tertiary alicyclic amines) is 1. The molecule has 1 aromatic rings. The average Bonchev–Trinajstić information content (AvgIpc) is 3.07. The van der Waals surface area contributed by atoms with Crippen LogP contribution in [0.5, 0.6) is 0 Å². The van der Waals surface area contributed by atoms with Crippen LogP contribution < -0.4 is 10.6 Å². The van der Waals surface area contributed by atoms with E-state index < -0.39 is 5.60 Å². The van der Waals surface area contributed by atoms with Gasteiger partial charge in [0.15, 0.2) is 5.96 Å². The topological polar surface area (TPSA) is 69.2 Å². The van der Waals surface area contributed by atoms with Crippen LogP contribution in [-0.4, -0.2) is 73.8 Å². The van der Waals surface area contributed by atoms with Crippen molar-refractivity contribution in [2.45, 2.75) is 45.4 Å². The van der Waals surface area contributed by atoms with E-state index in [0.717, 1.165) is 44.1 Å². The van der Waals surface area contributed by atoms with Gasteiger partial charge in [-0.15, -0.1) is 24.0 Å². The molecule has 1 saturated heterocycles. The standard InChI is InChI=1S/C21H34FN5O2.HI/c1-21(2,3)29-20(28)25-18-10-12-27(15-18)19(23-4)24-11-13-26(5)14-16-6-8-17(22)9-7-16;/h6-9,18H,10-15H2,1-5H3,(H,23,24)(H,25,28);1H/t18-;/m1./s1. The Labute approximate surface area is 196 Å². The molecule has 0 aliphatic carbocycles. The highest BCUT2D eigenvalue weighted by molar-refractivity contribution is 14.0. The molecule has 1 aliphatic heterocycles. The van der Waals surface area contributed by atoms with Gasteiger partial charge in [-0.25, -0.2) is 9.18 Å². The van der Waals surface area contributed by atoms with Crippen molar-refractivity contribution >= 4 is 36.0 Å². The monoisotopic (exact) mass is 535 g/mol. The minimum atomic E-state index is -0.500. The van der Waals surface area contributed by atoms with E-state index in [1.165, 1.54) is 12.1 Å². The van der Waals surface area contributed by atoms with Gasteiger partial charge < -0.3 is 25.2 Å². The molecular formula is C21H35FIN5O2. The number of rotatable bonds is 6. The number of carbonyl (C=O) groups is 1. The van der Waals surface area contributed by atoms with E-state index in [2.05, 4.69) is 25.4 Å². The van der Waals surface area contributed by atoms with E-state index in [1.54, 1.807) is 19.2 Å². The van der Waals surface area contributed by atoms with E-state index in [-0.39, 0.29) is 41.9 Å². The Kier molecular flexibility index (Phi) is 10.8. The number of hydrogen-bond donors (Lipinski definition) is 2. The summed E-state index contributed by atoms with van der Waals surface area (Å²) in [6.07, 6.45) is 0.472. The summed E-state index contributed by atoms with van der Waals surface area (Å²) in [5.41, 5.74) is 0.578. The lowest BCUT2D eigenvalue weighted by atomic mass is 10.2. The first-order valence-corrected chi connectivity index (χ1v) is 10.0. The normalized spacial score (nSPS) is 17.0. The number of amides is 1. The summed E-state index contributed by atoms with van der Waals surface area (Å²) in [4.78, 5) is 20.6. The number of benzene rings is 1. The molecular weight excluding hydrogens is 500 g/mol. The molecule has 1 heterocycles. The van der Waals surface area contributed by atoms with Crippen LogP contribution in [0, 0.1) is 5.82 Å². The Morgan fingerprint density at radius 3 is 2.60 bits per heavy atom. The number of carbonyl (C=O) groups excluding carboxylic acids is 1. The van der Waals surface area contributed by atoms with Crippen molar-refractivity contribution in [3.05, 3.63) is 35.6 Å². The van der Waals surface area contributed by atoms with Gasteiger partial charge in [0.2, 0.25) is 0 Å². The molecule has 0 unspecified atom stereocenters. The third-order valence-electron chi connectivity index (χ3n) is 4.56. The van der Waals surface area contributed by atoms with Crippen molar-refractivity contribution in [3.63, 3.8) is 0 Å². The third kappa shape index (κ3) is 9.46. The second kappa shape index (κ2) is 12.3. The molecule has 30 heavy (non-hydrogen) atoms. The predicted molar refractivity (Wildman–Crippen MR) is 129 cm³/mol. The number of hydrogen-bond acceptors (Lipinski definition) is 4. The first kappa shape index (κ1) is 26.4. The second-order valence-corrected chi connectivity index (χ2v) is 8.42. The summed E-state index contributed by atoms with van der Waals surface area (Å²) in [7, 11) is 3.80. The number of aliphatic imine (C=N–C) groups is 1. The van der Waals surface area contributed by atoms with Crippen LogP contribution in [0.25, 0.3) is 0 Å². The van der Waals surface area contributed by atoms with Crippen LogP contribution in [-0.2, 0) is 11.3 Å². The van der Waals surface area contributed by atoms with Crippen molar-refractivity contribution in [1.82, 2.24) is 20.4 Å². The highest BCUT2D eigenvalue weighted by Crippen LogP contribution is 2.12. The van der Waals surface area contributed by atoms with Crippen molar-refractivity contribution in [2.24, 2.45) is 4.99 Å². The molecule has 0 radical (unpaired) electrons. The summed E-state index contributed by atoms with van der Waals surface area (Å²) in [6, 6.07) is 6.63. The second-order valence-electron chi connectivity index (χ2n) is 8.42. The molecule has 1 fully saturated rings. The number of ether oxygens (including phenoxy) is 1. The fourth-order valence-electron chi connectivity index (χ4n) is 3.22. The van der Waals surface area contributed by atoms with Gasteiger partial charge in [0.25, 0.3) is 0 Å². The van der Waals surface area contributed by atoms with Gasteiger partial charge in [-0.2, -0.15) is 0 Å². The minimum absolute atomic E-state index is 0. The Hall–Kier alpha value is -1.62. The Morgan fingerprint density at radius 1 is 1.33 bits per heavy atom. The summed E-state index contributed by atoms with van der Waals surface area (Å²) >= 11 is 0. The Balaban J connectivity index is 0.00000450. The maximum Gasteiger partial charge on any atom is 0.407 e. The molecule has 0 aromatic heterocycles. The number of likely N-dealkylation sites (N-methyl/N-ethyl adjacent to an activating group) is 1. The first-order valence-electron chi connectivity index (χ1n) is 10.0. The number of nitrogens with one attached hydrogen (secondary N) is 2. The van der Waals surface area contributed by atoms with Gasteiger partial charge in [0.05, 0.1) is 6.04 Å². The van der Waals surface area contributed by atoms with E-state index >= 15 is 0 Å². The first-order chi connectivity index (χ1) is 13.7. The lowest BCUT2D eigenvalue weighted by Gasteiger charge is -2.24. The molecule has 0 bridgehead atoms. The zero-order valence-corrected chi connectivity index (χ0v) is 20.9. The number of nitrogens with zero attached hydrogens (tertiary/aromatic N) is 3. The van der Waals surface area contributed by atoms with E-state index in [1.807, 2.05) is 27.8 Å². The Morgan fingerprint density at radius 2 is 2.00 bits per heavy atom. The van der Waals surface area contributed by atoms with Crippen LogP contribution in [0.2, 0.25) is 0 Å². The van der Waals surface area contributed by atoms with Crippen LogP contribution in [0.3, 0.4) is 0 Å². The van der Waals surface area contributed by atoms with Gasteiger partial charge in [0, 0.05) is 39.8 Å². The summed E-state index contributed by atoms with van der Waals surface area (Å²) in [5.74, 6) is 0.612.